The second-order valence-corrected chi connectivity index (χ2v) is 5.24. The molecule has 2 rings (SSSR count). The van der Waals surface area contributed by atoms with Gasteiger partial charge in [0.05, 0.1) is 6.61 Å². The van der Waals surface area contributed by atoms with Gasteiger partial charge in [-0.15, -0.1) is 0 Å². The summed E-state index contributed by atoms with van der Waals surface area (Å²) in [5.41, 5.74) is -0.409. The van der Waals surface area contributed by atoms with Crippen LogP contribution in [0.25, 0.3) is 0 Å². The van der Waals surface area contributed by atoms with Crippen molar-refractivity contribution in [1.82, 2.24) is 5.32 Å². The van der Waals surface area contributed by atoms with E-state index in [4.69, 9.17) is 16.3 Å². The van der Waals surface area contributed by atoms with E-state index in [-0.39, 0.29) is 18.9 Å². The summed E-state index contributed by atoms with van der Waals surface area (Å²) in [6, 6.07) is 7.28. The number of carboxylic acid groups (broad SMARTS) is 1. The molecule has 0 radical (unpaired) electrons. The van der Waals surface area contributed by atoms with Gasteiger partial charge in [0.1, 0.15) is 0 Å². The number of benzene rings is 1. The number of halogens is 1. The molecule has 6 heteroatoms. The SMILES string of the molecule is O=C(CCc1ccccc1Cl)NC1(C(=O)O)CCOC1. The van der Waals surface area contributed by atoms with Gasteiger partial charge in [0, 0.05) is 24.5 Å². The van der Waals surface area contributed by atoms with Crippen LogP contribution in [0.3, 0.4) is 0 Å². The van der Waals surface area contributed by atoms with Crippen LogP contribution < -0.4 is 5.32 Å². The number of carbonyl (C=O) groups is 2. The fourth-order valence-corrected chi connectivity index (χ4v) is 2.39. The smallest absolute Gasteiger partial charge is 0.331 e. The first-order chi connectivity index (χ1) is 9.53. The van der Waals surface area contributed by atoms with Crippen molar-refractivity contribution in [3.63, 3.8) is 0 Å². The van der Waals surface area contributed by atoms with Crippen molar-refractivity contribution < 1.29 is 19.4 Å². The summed E-state index contributed by atoms with van der Waals surface area (Å²) >= 11 is 6.01. The van der Waals surface area contributed by atoms with Crippen LogP contribution in [0.15, 0.2) is 24.3 Å². The fraction of sp³-hybridized carbons (Fsp3) is 0.429. The van der Waals surface area contributed by atoms with Gasteiger partial charge in [-0.1, -0.05) is 29.8 Å². The minimum Gasteiger partial charge on any atom is -0.479 e. The zero-order chi connectivity index (χ0) is 14.6. The Morgan fingerprint density at radius 3 is 2.75 bits per heavy atom. The Morgan fingerprint density at radius 1 is 1.40 bits per heavy atom. The molecule has 0 saturated carbocycles. The van der Waals surface area contributed by atoms with Crippen molar-refractivity contribution in [2.24, 2.45) is 0 Å². The third kappa shape index (κ3) is 3.29. The average molecular weight is 298 g/mol. The van der Waals surface area contributed by atoms with Gasteiger partial charge in [0.2, 0.25) is 5.91 Å². The number of hydrogen-bond acceptors (Lipinski definition) is 3. The summed E-state index contributed by atoms with van der Waals surface area (Å²) in [6.07, 6.45) is 0.959. The van der Waals surface area contributed by atoms with Crippen LogP contribution in [-0.2, 0) is 20.7 Å². The largest absolute Gasteiger partial charge is 0.479 e. The molecule has 1 fully saturated rings. The molecule has 20 heavy (non-hydrogen) atoms. The van der Waals surface area contributed by atoms with E-state index in [2.05, 4.69) is 5.32 Å². The zero-order valence-electron chi connectivity index (χ0n) is 10.9. The van der Waals surface area contributed by atoms with Crippen molar-refractivity contribution >= 4 is 23.5 Å². The molecule has 1 atom stereocenters. The predicted octanol–water partition coefficient (Wildman–Crippen LogP) is 1.63. The second kappa shape index (κ2) is 6.24. The first-order valence-electron chi connectivity index (χ1n) is 6.39. The highest BCUT2D eigenvalue weighted by molar-refractivity contribution is 6.31. The highest BCUT2D eigenvalue weighted by Gasteiger charge is 2.43. The molecule has 1 aromatic carbocycles. The summed E-state index contributed by atoms with van der Waals surface area (Å²) in [4.78, 5) is 23.2. The number of carbonyl (C=O) groups excluding carboxylic acids is 1. The Kier molecular flexibility index (Phi) is 4.62. The molecule has 1 unspecified atom stereocenters. The predicted molar refractivity (Wildman–Crippen MR) is 73.7 cm³/mol. The van der Waals surface area contributed by atoms with E-state index in [1.165, 1.54) is 0 Å². The van der Waals surface area contributed by atoms with Gasteiger partial charge in [-0.3, -0.25) is 4.79 Å². The van der Waals surface area contributed by atoms with Gasteiger partial charge in [-0.2, -0.15) is 0 Å². The summed E-state index contributed by atoms with van der Waals surface area (Å²) in [5, 5.41) is 12.4. The second-order valence-electron chi connectivity index (χ2n) is 4.83. The molecule has 0 spiro atoms. The number of carboxylic acids is 1. The highest BCUT2D eigenvalue weighted by atomic mass is 35.5. The normalized spacial score (nSPS) is 21.6. The Hall–Kier alpha value is -1.59. The van der Waals surface area contributed by atoms with E-state index in [0.717, 1.165) is 5.56 Å². The molecule has 1 aliphatic heterocycles. The van der Waals surface area contributed by atoms with Crippen molar-refractivity contribution in [2.75, 3.05) is 13.2 Å². The molecule has 5 nitrogen and oxygen atoms in total. The minimum atomic E-state index is -1.28. The van der Waals surface area contributed by atoms with E-state index in [0.29, 0.717) is 24.5 Å². The number of aliphatic carboxylic acids is 1. The standard InChI is InChI=1S/C14H16ClNO4/c15-11-4-2-1-3-10(11)5-6-12(17)16-14(13(18)19)7-8-20-9-14/h1-4H,5-9H2,(H,16,17)(H,18,19). The third-order valence-corrected chi connectivity index (χ3v) is 3.76. The summed E-state index contributed by atoms with van der Waals surface area (Å²) < 4.78 is 5.09. The molecule has 108 valence electrons. The van der Waals surface area contributed by atoms with Gasteiger partial charge >= 0.3 is 5.97 Å². The number of nitrogens with one attached hydrogen (secondary N) is 1. The Morgan fingerprint density at radius 2 is 2.15 bits per heavy atom. The van der Waals surface area contributed by atoms with Crippen molar-refractivity contribution in [3.05, 3.63) is 34.9 Å². The van der Waals surface area contributed by atoms with Gasteiger partial charge < -0.3 is 15.2 Å². The molecule has 0 aliphatic carbocycles. The molecule has 0 aromatic heterocycles. The third-order valence-electron chi connectivity index (χ3n) is 3.39. The first-order valence-corrected chi connectivity index (χ1v) is 6.77. The number of aryl methyl sites for hydroxylation is 1. The number of rotatable bonds is 5. The molecule has 1 aromatic rings. The molecule has 1 saturated heterocycles. The van der Waals surface area contributed by atoms with E-state index in [1.54, 1.807) is 6.07 Å². The monoisotopic (exact) mass is 297 g/mol. The Bertz CT molecular complexity index is 512. The number of amides is 1. The number of hydrogen-bond donors (Lipinski definition) is 2. The van der Waals surface area contributed by atoms with E-state index < -0.39 is 11.5 Å². The van der Waals surface area contributed by atoms with Gasteiger partial charge in [0.15, 0.2) is 5.54 Å². The minimum absolute atomic E-state index is 0.0141. The van der Waals surface area contributed by atoms with Crippen molar-refractivity contribution in [2.45, 2.75) is 24.8 Å². The Balaban J connectivity index is 1.92. The summed E-state index contributed by atoms with van der Waals surface area (Å²) in [7, 11) is 0. The van der Waals surface area contributed by atoms with E-state index in [1.807, 2.05) is 18.2 Å². The molecule has 1 amide bonds. The zero-order valence-corrected chi connectivity index (χ0v) is 11.7. The van der Waals surface area contributed by atoms with Crippen LogP contribution in [0.2, 0.25) is 5.02 Å². The number of ether oxygens (including phenoxy) is 1. The van der Waals surface area contributed by atoms with Gasteiger partial charge in [-0.25, -0.2) is 4.79 Å². The lowest BCUT2D eigenvalue weighted by Crippen LogP contribution is -2.55. The van der Waals surface area contributed by atoms with E-state index >= 15 is 0 Å². The maximum absolute atomic E-state index is 11.9. The average Bonchev–Trinajstić information content (AvgIpc) is 2.88. The lowest BCUT2D eigenvalue weighted by Gasteiger charge is -2.23. The molecule has 1 aliphatic rings. The lowest BCUT2D eigenvalue weighted by molar-refractivity contribution is -0.147. The molecular weight excluding hydrogens is 282 g/mol. The molecule has 2 N–H and O–H groups in total. The van der Waals surface area contributed by atoms with Crippen molar-refractivity contribution in [1.29, 1.82) is 0 Å². The maximum Gasteiger partial charge on any atom is 0.331 e. The first kappa shape index (κ1) is 14.8. The van der Waals surface area contributed by atoms with Crippen LogP contribution in [0.4, 0.5) is 0 Å². The fourth-order valence-electron chi connectivity index (χ4n) is 2.16. The lowest BCUT2D eigenvalue weighted by atomic mass is 9.98. The van der Waals surface area contributed by atoms with E-state index in [9.17, 15) is 14.7 Å². The summed E-state index contributed by atoms with van der Waals surface area (Å²) in [5.74, 6) is -1.36. The summed E-state index contributed by atoms with van der Waals surface area (Å²) in [6.45, 7) is 0.358. The quantitative estimate of drug-likeness (QED) is 0.866. The van der Waals surface area contributed by atoms with Crippen molar-refractivity contribution in [3.8, 4) is 0 Å². The molecule has 0 bridgehead atoms. The van der Waals surface area contributed by atoms with Crippen LogP contribution in [0.5, 0.6) is 0 Å². The maximum atomic E-state index is 11.9. The van der Waals surface area contributed by atoms with Crippen LogP contribution in [-0.4, -0.2) is 35.7 Å². The van der Waals surface area contributed by atoms with Gasteiger partial charge in [0.25, 0.3) is 0 Å². The van der Waals surface area contributed by atoms with Crippen LogP contribution in [0.1, 0.15) is 18.4 Å². The highest BCUT2D eigenvalue weighted by Crippen LogP contribution is 2.20. The van der Waals surface area contributed by atoms with Crippen LogP contribution >= 0.6 is 11.6 Å². The van der Waals surface area contributed by atoms with Gasteiger partial charge in [-0.05, 0) is 18.1 Å². The topological polar surface area (TPSA) is 75.6 Å². The Labute approximate surface area is 121 Å². The molecular formula is C14H16ClNO4. The molecule has 1 heterocycles. The van der Waals surface area contributed by atoms with Crippen LogP contribution in [0, 0.1) is 0 Å².